The highest BCUT2D eigenvalue weighted by Gasteiger charge is 2.28. The summed E-state index contributed by atoms with van der Waals surface area (Å²) in [6.45, 7) is 26.0. The molecular formula is C36H54N2O2. The summed E-state index contributed by atoms with van der Waals surface area (Å²) in [5, 5.41) is 22.5. The summed E-state index contributed by atoms with van der Waals surface area (Å²) in [6, 6.07) is 8.53. The van der Waals surface area contributed by atoms with E-state index < -0.39 is 0 Å². The van der Waals surface area contributed by atoms with Crippen molar-refractivity contribution in [2.24, 2.45) is 9.98 Å². The average Bonchev–Trinajstić information content (AvgIpc) is 2.80. The van der Waals surface area contributed by atoms with Crippen LogP contribution in [0, 0.1) is 0 Å². The monoisotopic (exact) mass is 546 g/mol. The maximum Gasteiger partial charge on any atom is 0.128 e. The SMILES string of the molecule is CC(C)(C)c1cc(/C=N/[C@H]2CCCC[C@H]2/N=C/c2cc(C(C)(C)C)cc(C(C)(C)C)c2O)c(O)c(C(C)(C)C)c1. The minimum atomic E-state index is -0.179. The number of aliphatic imine (C=N–C) groups is 2. The number of aromatic hydroxyl groups is 2. The molecule has 0 spiro atoms. The molecule has 1 aliphatic rings. The van der Waals surface area contributed by atoms with Gasteiger partial charge in [0.25, 0.3) is 0 Å². The molecule has 0 amide bonds. The van der Waals surface area contributed by atoms with Crippen molar-refractivity contribution in [1.29, 1.82) is 0 Å². The summed E-state index contributed by atoms with van der Waals surface area (Å²) >= 11 is 0. The number of rotatable bonds is 4. The quantitative estimate of drug-likeness (QED) is 0.376. The van der Waals surface area contributed by atoms with E-state index in [-0.39, 0.29) is 33.7 Å². The van der Waals surface area contributed by atoms with Gasteiger partial charge in [0, 0.05) is 34.7 Å². The molecule has 4 heteroatoms. The highest BCUT2D eigenvalue weighted by Crippen LogP contribution is 2.39. The van der Waals surface area contributed by atoms with Crippen molar-refractivity contribution in [2.45, 2.75) is 143 Å². The molecule has 220 valence electrons. The van der Waals surface area contributed by atoms with Crippen LogP contribution in [0.4, 0.5) is 0 Å². The van der Waals surface area contributed by atoms with Crippen molar-refractivity contribution >= 4 is 12.4 Å². The van der Waals surface area contributed by atoms with Gasteiger partial charge >= 0.3 is 0 Å². The lowest BCUT2D eigenvalue weighted by Crippen LogP contribution is -2.27. The third-order valence-corrected chi connectivity index (χ3v) is 8.13. The molecule has 0 radical (unpaired) electrons. The van der Waals surface area contributed by atoms with E-state index in [1.165, 1.54) is 11.1 Å². The van der Waals surface area contributed by atoms with Crippen molar-refractivity contribution in [3.05, 3.63) is 57.6 Å². The number of hydrogen-bond donors (Lipinski definition) is 2. The lowest BCUT2D eigenvalue weighted by molar-refractivity contribution is 0.389. The van der Waals surface area contributed by atoms with Crippen LogP contribution in [0.15, 0.2) is 34.3 Å². The number of benzene rings is 2. The molecule has 0 heterocycles. The molecule has 1 saturated carbocycles. The van der Waals surface area contributed by atoms with Crippen LogP contribution < -0.4 is 0 Å². The van der Waals surface area contributed by atoms with Crippen LogP contribution in [-0.2, 0) is 21.7 Å². The summed E-state index contributed by atoms with van der Waals surface area (Å²) in [4.78, 5) is 10.1. The van der Waals surface area contributed by atoms with Crippen LogP contribution in [0.25, 0.3) is 0 Å². The van der Waals surface area contributed by atoms with E-state index in [9.17, 15) is 10.2 Å². The average molecular weight is 547 g/mol. The third kappa shape index (κ3) is 7.56. The van der Waals surface area contributed by atoms with Crippen LogP contribution in [0.2, 0.25) is 0 Å². The van der Waals surface area contributed by atoms with Crippen LogP contribution >= 0.6 is 0 Å². The van der Waals surface area contributed by atoms with Gasteiger partial charge in [-0.05, 0) is 57.8 Å². The third-order valence-electron chi connectivity index (χ3n) is 8.13. The maximum absolute atomic E-state index is 11.2. The van der Waals surface area contributed by atoms with E-state index in [4.69, 9.17) is 9.98 Å². The molecule has 0 saturated heterocycles. The first-order chi connectivity index (χ1) is 18.2. The molecular weight excluding hydrogens is 492 g/mol. The van der Waals surface area contributed by atoms with Crippen LogP contribution in [-0.4, -0.2) is 34.7 Å². The Kier molecular flexibility index (Phi) is 9.04. The molecule has 2 aromatic carbocycles. The Morgan fingerprint density at radius 1 is 0.550 bits per heavy atom. The largest absolute Gasteiger partial charge is 0.507 e. The second kappa shape index (κ2) is 11.3. The first-order valence-electron chi connectivity index (χ1n) is 15.0. The molecule has 0 aromatic heterocycles. The van der Waals surface area contributed by atoms with Crippen LogP contribution in [0.5, 0.6) is 11.5 Å². The van der Waals surface area contributed by atoms with Crippen LogP contribution in [0.1, 0.15) is 142 Å². The van der Waals surface area contributed by atoms with Gasteiger partial charge in [-0.3, -0.25) is 9.98 Å². The molecule has 0 unspecified atom stereocenters. The van der Waals surface area contributed by atoms with Crippen molar-refractivity contribution in [1.82, 2.24) is 0 Å². The predicted octanol–water partition coefficient (Wildman–Crippen LogP) is 9.14. The highest BCUT2D eigenvalue weighted by atomic mass is 16.3. The first kappa shape index (κ1) is 31.9. The minimum Gasteiger partial charge on any atom is -0.507 e. The number of nitrogens with zero attached hydrogens (tertiary/aromatic N) is 2. The first-order valence-corrected chi connectivity index (χ1v) is 15.0. The van der Waals surface area contributed by atoms with Gasteiger partial charge in [0.1, 0.15) is 11.5 Å². The van der Waals surface area contributed by atoms with Crippen LogP contribution in [0.3, 0.4) is 0 Å². The molecule has 4 nitrogen and oxygen atoms in total. The van der Waals surface area contributed by atoms with E-state index in [1.807, 2.05) is 12.4 Å². The zero-order chi connectivity index (χ0) is 30.3. The van der Waals surface area contributed by atoms with E-state index in [2.05, 4.69) is 107 Å². The number of hydrogen-bond acceptors (Lipinski definition) is 4. The summed E-state index contributed by atoms with van der Waals surface area (Å²) in [5.74, 6) is 0.637. The van der Waals surface area contributed by atoms with E-state index in [0.29, 0.717) is 11.5 Å². The van der Waals surface area contributed by atoms with Gasteiger partial charge < -0.3 is 10.2 Å². The fraction of sp³-hybridized carbons (Fsp3) is 0.611. The van der Waals surface area contributed by atoms with E-state index in [0.717, 1.165) is 47.9 Å². The van der Waals surface area contributed by atoms with Gasteiger partial charge in [0.15, 0.2) is 0 Å². The van der Waals surface area contributed by atoms with Gasteiger partial charge in [-0.15, -0.1) is 0 Å². The van der Waals surface area contributed by atoms with Crippen molar-refractivity contribution in [3.63, 3.8) is 0 Å². The Hall–Kier alpha value is -2.62. The smallest absolute Gasteiger partial charge is 0.128 e. The maximum atomic E-state index is 11.2. The zero-order valence-electron chi connectivity index (χ0n) is 27.2. The highest BCUT2D eigenvalue weighted by molar-refractivity contribution is 5.86. The summed E-state index contributed by atoms with van der Waals surface area (Å²) in [5.41, 5.74) is 5.39. The number of phenolic OH excluding ortho intramolecular Hbond substituents is 2. The minimum absolute atomic E-state index is 0.0378. The van der Waals surface area contributed by atoms with Gasteiger partial charge in [0.2, 0.25) is 0 Å². The second-order valence-corrected chi connectivity index (χ2v) is 15.9. The standard InChI is InChI=1S/C36H54N2O2/c1-33(2,3)25-17-23(31(39)27(19-25)35(7,8)9)21-37-29-15-13-14-16-30(29)38-22-24-18-26(34(4,5)6)20-28(32(24)40)36(10,11)12/h17-22,29-30,39-40H,13-16H2,1-12H3/b37-21+,38-22+/t29-,30+. The Balaban J connectivity index is 2.00. The van der Waals surface area contributed by atoms with Gasteiger partial charge in [-0.25, -0.2) is 0 Å². The van der Waals surface area contributed by atoms with Crippen molar-refractivity contribution < 1.29 is 10.2 Å². The van der Waals surface area contributed by atoms with E-state index in [1.54, 1.807) is 0 Å². The molecule has 2 aromatic rings. The molecule has 40 heavy (non-hydrogen) atoms. The second-order valence-electron chi connectivity index (χ2n) is 15.9. The molecule has 1 aliphatic carbocycles. The van der Waals surface area contributed by atoms with Gasteiger partial charge in [-0.1, -0.05) is 108 Å². The van der Waals surface area contributed by atoms with E-state index >= 15 is 0 Å². The Morgan fingerprint density at radius 3 is 1.15 bits per heavy atom. The fourth-order valence-electron chi connectivity index (χ4n) is 5.31. The van der Waals surface area contributed by atoms with Crippen molar-refractivity contribution in [2.75, 3.05) is 0 Å². The summed E-state index contributed by atoms with van der Waals surface area (Å²) in [6.07, 6.45) is 7.90. The fourth-order valence-corrected chi connectivity index (χ4v) is 5.31. The lowest BCUT2D eigenvalue weighted by Gasteiger charge is -2.28. The lowest BCUT2D eigenvalue weighted by atomic mass is 9.79. The molecule has 0 bridgehead atoms. The number of phenols is 2. The molecule has 1 fully saturated rings. The summed E-state index contributed by atoms with van der Waals surface area (Å²) in [7, 11) is 0. The van der Waals surface area contributed by atoms with Gasteiger partial charge in [-0.2, -0.15) is 0 Å². The normalized spacial score (nSPS) is 19.6. The Labute approximate surface area is 244 Å². The molecule has 2 N–H and O–H groups in total. The molecule has 2 atom stereocenters. The Bertz CT molecular complexity index is 1160. The molecule has 0 aliphatic heterocycles. The predicted molar refractivity (Wildman–Crippen MR) is 172 cm³/mol. The topological polar surface area (TPSA) is 65.2 Å². The van der Waals surface area contributed by atoms with Crippen molar-refractivity contribution in [3.8, 4) is 11.5 Å². The summed E-state index contributed by atoms with van der Waals surface area (Å²) < 4.78 is 0. The molecule has 3 rings (SSSR count). The zero-order valence-corrected chi connectivity index (χ0v) is 27.2. The van der Waals surface area contributed by atoms with Gasteiger partial charge in [0.05, 0.1) is 12.1 Å². The Morgan fingerprint density at radius 2 is 0.875 bits per heavy atom.